The van der Waals surface area contributed by atoms with E-state index in [0.717, 1.165) is 0 Å². The van der Waals surface area contributed by atoms with Crippen LogP contribution in [-0.2, 0) is 0 Å². The molecule has 7 heteroatoms. The van der Waals surface area contributed by atoms with Gasteiger partial charge in [-0.05, 0) is 66.8 Å². The molecular weight excluding hydrogens is 377 g/mol. The minimum absolute atomic E-state index is 0.116. The minimum Gasteiger partial charge on any atom is -0.332 e. The smallest absolute Gasteiger partial charge is 0.257 e. The molecule has 0 spiro atoms. The van der Waals surface area contributed by atoms with Crippen LogP contribution >= 0.6 is 12.2 Å². The zero-order chi connectivity index (χ0) is 19.9. The number of benzene rings is 3. The molecule has 0 fully saturated rings. The lowest BCUT2D eigenvalue weighted by molar-refractivity contribution is 0.0976. The molecule has 28 heavy (non-hydrogen) atoms. The van der Waals surface area contributed by atoms with Gasteiger partial charge in [0.1, 0.15) is 5.82 Å². The average Bonchev–Trinajstić information content (AvgIpc) is 2.70. The van der Waals surface area contributed by atoms with Crippen LogP contribution in [0.15, 0.2) is 78.9 Å². The number of hydrogen-bond donors (Lipinski definition) is 3. The number of rotatable bonds is 4. The molecule has 140 valence electrons. The Balaban J connectivity index is 1.62. The van der Waals surface area contributed by atoms with Crippen LogP contribution in [0.25, 0.3) is 0 Å². The lowest BCUT2D eigenvalue weighted by Gasteiger charge is -2.11. The second-order valence-electron chi connectivity index (χ2n) is 5.82. The summed E-state index contributed by atoms with van der Waals surface area (Å²) >= 11 is 5.16. The summed E-state index contributed by atoms with van der Waals surface area (Å²) in [6.45, 7) is 0. The fourth-order valence-corrected chi connectivity index (χ4v) is 2.61. The maximum Gasteiger partial charge on any atom is 0.257 e. The van der Waals surface area contributed by atoms with Gasteiger partial charge < -0.3 is 10.6 Å². The molecule has 0 saturated carbocycles. The fraction of sp³-hybridized carbons (Fsp3) is 0. The van der Waals surface area contributed by atoms with Crippen LogP contribution in [0.2, 0.25) is 0 Å². The Labute approximate surface area is 166 Å². The molecule has 0 aromatic heterocycles. The molecule has 0 saturated heterocycles. The maximum atomic E-state index is 13.0. The summed E-state index contributed by atoms with van der Waals surface area (Å²) in [6, 6.07) is 20.8. The topological polar surface area (TPSA) is 70.2 Å². The van der Waals surface area contributed by atoms with Crippen molar-refractivity contribution in [3.63, 3.8) is 0 Å². The Hall–Kier alpha value is -3.58. The number of carbonyl (C=O) groups excluding carboxylic acids is 2. The highest BCUT2D eigenvalue weighted by Gasteiger charge is 2.10. The minimum atomic E-state index is -0.379. The highest BCUT2D eigenvalue weighted by Crippen LogP contribution is 2.14. The molecule has 0 aliphatic rings. The van der Waals surface area contributed by atoms with Crippen LogP contribution in [0.3, 0.4) is 0 Å². The molecule has 0 bridgehead atoms. The van der Waals surface area contributed by atoms with Crippen LogP contribution in [0.5, 0.6) is 0 Å². The third-order valence-electron chi connectivity index (χ3n) is 3.75. The monoisotopic (exact) mass is 393 g/mol. The Morgan fingerprint density at radius 2 is 1.39 bits per heavy atom. The van der Waals surface area contributed by atoms with Gasteiger partial charge in [-0.1, -0.05) is 24.3 Å². The highest BCUT2D eigenvalue weighted by atomic mass is 32.1. The van der Waals surface area contributed by atoms with E-state index < -0.39 is 0 Å². The van der Waals surface area contributed by atoms with E-state index in [0.29, 0.717) is 22.5 Å². The first kappa shape index (κ1) is 19.2. The molecule has 2 amide bonds. The SMILES string of the molecule is O=C(NC(=S)Nc1cccc(C(=O)Nc2ccc(F)cc2)c1)c1ccccc1. The molecule has 0 unspecified atom stereocenters. The first-order valence-electron chi connectivity index (χ1n) is 8.35. The van der Waals surface area contributed by atoms with Crippen LogP contribution in [0, 0.1) is 5.82 Å². The van der Waals surface area contributed by atoms with Crippen molar-refractivity contribution in [2.75, 3.05) is 10.6 Å². The molecule has 0 atom stereocenters. The van der Waals surface area contributed by atoms with Gasteiger partial charge in [0.2, 0.25) is 0 Å². The first-order chi connectivity index (χ1) is 13.5. The van der Waals surface area contributed by atoms with Gasteiger partial charge in [-0.25, -0.2) is 4.39 Å². The van der Waals surface area contributed by atoms with E-state index in [9.17, 15) is 14.0 Å². The van der Waals surface area contributed by atoms with Gasteiger partial charge in [-0.2, -0.15) is 0 Å². The summed E-state index contributed by atoms with van der Waals surface area (Å²) < 4.78 is 13.0. The Kier molecular flexibility index (Phi) is 6.08. The van der Waals surface area contributed by atoms with E-state index in [2.05, 4.69) is 16.0 Å². The predicted molar refractivity (Wildman–Crippen MR) is 111 cm³/mol. The quantitative estimate of drug-likeness (QED) is 0.581. The lowest BCUT2D eigenvalue weighted by atomic mass is 10.2. The zero-order valence-corrected chi connectivity index (χ0v) is 15.4. The normalized spacial score (nSPS) is 10.0. The average molecular weight is 393 g/mol. The van der Waals surface area contributed by atoms with E-state index in [1.807, 2.05) is 6.07 Å². The summed E-state index contributed by atoms with van der Waals surface area (Å²) in [5.74, 6) is -1.06. The van der Waals surface area contributed by atoms with Crippen LogP contribution in [0.1, 0.15) is 20.7 Å². The third-order valence-corrected chi connectivity index (χ3v) is 3.95. The zero-order valence-electron chi connectivity index (χ0n) is 14.6. The van der Waals surface area contributed by atoms with Gasteiger partial charge in [0.15, 0.2) is 5.11 Å². The summed E-state index contributed by atoms with van der Waals surface area (Å²) in [6.07, 6.45) is 0. The first-order valence-corrected chi connectivity index (χ1v) is 8.76. The lowest BCUT2D eigenvalue weighted by Crippen LogP contribution is -2.34. The standard InChI is InChI=1S/C21H16FN3O2S/c22-16-9-11-17(12-10-16)23-20(27)15-7-4-8-18(13-15)24-21(28)25-19(26)14-5-2-1-3-6-14/h1-13H,(H,23,27)(H2,24,25,26,28). The molecule has 3 N–H and O–H groups in total. The molecular formula is C21H16FN3O2S. The Morgan fingerprint density at radius 3 is 2.11 bits per heavy atom. The fourth-order valence-electron chi connectivity index (χ4n) is 2.40. The van der Waals surface area contributed by atoms with E-state index in [1.165, 1.54) is 24.3 Å². The number of anilines is 2. The van der Waals surface area contributed by atoms with Crippen LogP contribution in [-0.4, -0.2) is 16.9 Å². The molecule has 3 aromatic rings. The van der Waals surface area contributed by atoms with Crippen molar-refractivity contribution in [2.24, 2.45) is 0 Å². The molecule has 0 radical (unpaired) electrons. The van der Waals surface area contributed by atoms with Crippen molar-refractivity contribution in [1.29, 1.82) is 0 Å². The summed E-state index contributed by atoms with van der Waals surface area (Å²) in [4.78, 5) is 24.5. The molecule has 3 rings (SSSR count). The van der Waals surface area contributed by atoms with Crippen molar-refractivity contribution in [3.8, 4) is 0 Å². The largest absolute Gasteiger partial charge is 0.332 e. The molecule has 3 aromatic carbocycles. The second-order valence-corrected chi connectivity index (χ2v) is 6.22. The second kappa shape index (κ2) is 8.88. The third kappa shape index (κ3) is 5.21. The van der Waals surface area contributed by atoms with Crippen molar-refractivity contribution >= 4 is 40.5 Å². The van der Waals surface area contributed by atoms with E-state index in [4.69, 9.17) is 12.2 Å². The Bertz CT molecular complexity index is 1010. The number of hydrogen-bond acceptors (Lipinski definition) is 3. The van der Waals surface area contributed by atoms with Crippen molar-refractivity contribution in [3.05, 3.63) is 95.8 Å². The molecule has 5 nitrogen and oxygen atoms in total. The number of carbonyl (C=O) groups is 2. The van der Waals surface area contributed by atoms with E-state index in [-0.39, 0.29) is 22.7 Å². The maximum absolute atomic E-state index is 13.0. The van der Waals surface area contributed by atoms with E-state index >= 15 is 0 Å². The van der Waals surface area contributed by atoms with Crippen LogP contribution in [0.4, 0.5) is 15.8 Å². The van der Waals surface area contributed by atoms with Crippen molar-refractivity contribution in [2.45, 2.75) is 0 Å². The number of halogens is 1. The van der Waals surface area contributed by atoms with Gasteiger partial charge in [0.05, 0.1) is 0 Å². The summed E-state index contributed by atoms with van der Waals surface area (Å²) in [7, 11) is 0. The van der Waals surface area contributed by atoms with Gasteiger partial charge in [0.25, 0.3) is 11.8 Å². The van der Waals surface area contributed by atoms with Crippen molar-refractivity contribution < 1.29 is 14.0 Å². The highest BCUT2D eigenvalue weighted by molar-refractivity contribution is 7.80. The molecule has 0 heterocycles. The molecule has 0 aliphatic carbocycles. The number of thiocarbonyl (C=S) groups is 1. The predicted octanol–water partition coefficient (Wildman–Crippen LogP) is 4.20. The van der Waals surface area contributed by atoms with Gasteiger partial charge in [-0.3, -0.25) is 14.9 Å². The van der Waals surface area contributed by atoms with Crippen LogP contribution < -0.4 is 16.0 Å². The molecule has 0 aliphatic heterocycles. The van der Waals surface area contributed by atoms with Crippen molar-refractivity contribution in [1.82, 2.24) is 5.32 Å². The van der Waals surface area contributed by atoms with Gasteiger partial charge in [-0.15, -0.1) is 0 Å². The summed E-state index contributed by atoms with van der Waals surface area (Å²) in [5, 5.41) is 8.26. The van der Waals surface area contributed by atoms with Gasteiger partial charge >= 0.3 is 0 Å². The van der Waals surface area contributed by atoms with E-state index in [1.54, 1.807) is 48.5 Å². The number of amides is 2. The summed E-state index contributed by atoms with van der Waals surface area (Å²) in [5.41, 5.74) is 1.89. The Morgan fingerprint density at radius 1 is 0.714 bits per heavy atom. The number of nitrogens with one attached hydrogen (secondary N) is 3. The van der Waals surface area contributed by atoms with Gasteiger partial charge in [0, 0.05) is 22.5 Å².